The van der Waals surface area contributed by atoms with E-state index in [0.717, 1.165) is 18.8 Å². The molecule has 1 fully saturated rings. The highest BCUT2D eigenvalue weighted by Crippen LogP contribution is 2.19. The molecule has 1 saturated heterocycles. The average molecular weight is 279 g/mol. The van der Waals surface area contributed by atoms with Crippen molar-refractivity contribution in [2.75, 3.05) is 50.8 Å². The molecule has 0 radical (unpaired) electrons. The molecular weight excluding hydrogens is 258 g/mol. The second kappa shape index (κ2) is 7.12. The van der Waals surface area contributed by atoms with Crippen LogP contribution in [0.3, 0.4) is 0 Å². The molecule has 1 aliphatic heterocycles. The Hall–Kier alpha value is -1.79. The predicted molar refractivity (Wildman–Crippen MR) is 76.8 cm³/mol. The van der Waals surface area contributed by atoms with Gasteiger partial charge in [0.05, 0.1) is 6.61 Å². The predicted octanol–water partition coefficient (Wildman–Crippen LogP) is 0.0161. The summed E-state index contributed by atoms with van der Waals surface area (Å²) in [6, 6.07) is 7.12. The molecule has 0 spiro atoms. The van der Waals surface area contributed by atoms with Crippen molar-refractivity contribution in [3.05, 3.63) is 24.3 Å². The number of carbonyl (C=O) groups is 1. The molecule has 6 nitrogen and oxygen atoms in total. The summed E-state index contributed by atoms with van der Waals surface area (Å²) in [6.45, 7) is 3.90. The van der Waals surface area contributed by atoms with E-state index >= 15 is 0 Å². The molecule has 110 valence electrons. The van der Waals surface area contributed by atoms with Gasteiger partial charge in [-0.3, -0.25) is 4.79 Å². The second-order valence-electron chi connectivity index (χ2n) is 4.73. The van der Waals surface area contributed by atoms with Gasteiger partial charge >= 0.3 is 0 Å². The number of phenols is 1. The molecule has 1 aliphatic rings. The quantitative estimate of drug-likeness (QED) is 0.743. The smallest absolute Gasteiger partial charge is 0.248 e. The Morgan fingerprint density at radius 2 is 1.85 bits per heavy atom. The first kappa shape index (κ1) is 14.6. The normalized spacial score (nSPS) is 15.4. The highest BCUT2D eigenvalue weighted by atomic mass is 16.5. The first-order valence-electron chi connectivity index (χ1n) is 6.80. The third-order valence-electron chi connectivity index (χ3n) is 3.33. The van der Waals surface area contributed by atoms with E-state index < -0.39 is 0 Å². The zero-order chi connectivity index (χ0) is 14.4. The Morgan fingerprint density at radius 1 is 1.20 bits per heavy atom. The summed E-state index contributed by atoms with van der Waals surface area (Å²) in [5, 5.41) is 9.28. The maximum atomic E-state index is 11.9. The monoisotopic (exact) mass is 279 g/mol. The maximum Gasteiger partial charge on any atom is 0.248 e. The Balaban J connectivity index is 1.80. The fourth-order valence-electron chi connectivity index (χ4n) is 2.21. The van der Waals surface area contributed by atoms with E-state index in [4.69, 9.17) is 10.5 Å². The highest BCUT2D eigenvalue weighted by molar-refractivity contribution is 5.77. The number of phenolic OH excluding ortho intramolecular Hbond substituents is 1. The number of carbonyl (C=O) groups excluding carboxylic acids is 1. The Labute approximate surface area is 118 Å². The van der Waals surface area contributed by atoms with Gasteiger partial charge in [-0.05, 0) is 24.3 Å². The fourth-order valence-corrected chi connectivity index (χ4v) is 2.21. The molecule has 1 aromatic rings. The van der Waals surface area contributed by atoms with Crippen LogP contribution >= 0.6 is 0 Å². The zero-order valence-corrected chi connectivity index (χ0v) is 11.5. The number of rotatable bonds is 5. The summed E-state index contributed by atoms with van der Waals surface area (Å²) in [4.78, 5) is 15.9. The number of nitrogens with two attached hydrogens (primary N) is 1. The van der Waals surface area contributed by atoms with Crippen LogP contribution in [0.15, 0.2) is 24.3 Å². The van der Waals surface area contributed by atoms with Crippen molar-refractivity contribution in [2.45, 2.75) is 0 Å². The van der Waals surface area contributed by atoms with Crippen LogP contribution in [0.2, 0.25) is 0 Å². The summed E-state index contributed by atoms with van der Waals surface area (Å²) in [5.41, 5.74) is 6.38. The van der Waals surface area contributed by atoms with E-state index in [-0.39, 0.29) is 18.3 Å². The number of ether oxygens (including phenoxy) is 1. The molecule has 0 aromatic heterocycles. The van der Waals surface area contributed by atoms with Gasteiger partial charge in [0, 0.05) is 38.4 Å². The van der Waals surface area contributed by atoms with Gasteiger partial charge in [-0.1, -0.05) is 0 Å². The second-order valence-corrected chi connectivity index (χ2v) is 4.73. The number of amides is 1. The molecule has 1 aromatic carbocycles. The van der Waals surface area contributed by atoms with Crippen molar-refractivity contribution >= 4 is 11.6 Å². The lowest BCUT2D eigenvalue weighted by molar-refractivity contribution is -0.136. The Morgan fingerprint density at radius 3 is 2.45 bits per heavy atom. The third kappa shape index (κ3) is 3.85. The van der Waals surface area contributed by atoms with Gasteiger partial charge in [0.15, 0.2) is 0 Å². The van der Waals surface area contributed by atoms with Gasteiger partial charge in [-0.2, -0.15) is 0 Å². The molecular formula is C14H21N3O3. The lowest BCUT2D eigenvalue weighted by Crippen LogP contribution is -2.49. The number of anilines is 1. The van der Waals surface area contributed by atoms with Crippen LogP contribution in [-0.2, 0) is 9.53 Å². The van der Waals surface area contributed by atoms with Crippen molar-refractivity contribution < 1.29 is 14.6 Å². The summed E-state index contributed by atoms with van der Waals surface area (Å²) in [6.07, 6.45) is 0. The van der Waals surface area contributed by atoms with Crippen LogP contribution in [0.5, 0.6) is 5.75 Å². The van der Waals surface area contributed by atoms with Gasteiger partial charge in [0.2, 0.25) is 5.91 Å². The van der Waals surface area contributed by atoms with E-state index in [0.29, 0.717) is 26.2 Å². The van der Waals surface area contributed by atoms with Gasteiger partial charge in [-0.15, -0.1) is 0 Å². The lowest BCUT2D eigenvalue weighted by Gasteiger charge is -2.36. The minimum absolute atomic E-state index is 0.0174. The van der Waals surface area contributed by atoms with E-state index in [1.807, 2.05) is 17.0 Å². The minimum atomic E-state index is 0.0174. The number of piperazine rings is 1. The van der Waals surface area contributed by atoms with Crippen LogP contribution in [0.4, 0.5) is 5.69 Å². The van der Waals surface area contributed by atoms with E-state index in [2.05, 4.69) is 4.90 Å². The number of benzene rings is 1. The Bertz CT molecular complexity index is 428. The van der Waals surface area contributed by atoms with Crippen LogP contribution in [0.1, 0.15) is 0 Å². The molecule has 1 amide bonds. The van der Waals surface area contributed by atoms with E-state index in [1.54, 1.807) is 12.1 Å². The maximum absolute atomic E-state index is 11.9. The molecule has 3 N–H and O–H groups in total. The van der Waals surface area contributed by atoms with E-state index in [9.17, 15) is 9.90 Å². The molecule has 20 heavy (non-hydrogen) atoms. The van der Waals surface area contributed by atoms with Crippen molar-refractivity contribution in [1.29, 1.82) is 0 Å². The molecule has 0 atom stereocenters. The van der Waals surface area contributed by atoms with E-state index in [1.165, 1.54) is 0 Å². The summed E-state index contributed by atoms with van der Waals surface area (Å²) in [5.74, 6) is 0.281. The molecule has 0 saturated carbocycles. The lowest BCUT2D eigenvalue weighted by atomic mass is 10.2. The van der Waals surface area contributed by atoms with Gasteiger partial charge in [0.1, 0.15) is 12.4 Å². The van der Waals surface area contributed by atoms with Gasteiger partial charge in [0.25, 0.3) is 0 Å². The summed E-state index contributed by atoms with van der Waals surface area (Å²) >= 11 is 0. The number of nitrogens with zero attached hydrogens (tertiary/aromatic N) is 2. The molecule has 0 unspecified atom stereocenters. The largest absolute Gasteiger partial charge is 0.508 e. The Kier molecular flexibility index (Phi) is 5.20. The average Bonchev–Trinajstić information content (AvgIpc) is 2.48. The molecule has 1 heterocycles. The van der Waals surface area contributed by atoms with Crippen LogP contribution in [0, 0.1) is 0 Å². The van der Waals surface area contributed by atoms with Crippen molar-refractivity contribution in [3.63, 3.8) is 0 Å². The van der Waals surface area contributed by atoms with Gasteiger partial charge in [-0.25, -0.2) is 0 Å². The summed E-state index contributed by atoms with van der Waals surface area (Å²) in [7, 11) is 0. The minimum Gasteiger partial charge on any atom is -0.508 e. The van der Waals surface area contributed by atoms with Crippen molar-refractivity contribution in [3.8, 4) is 5.75 Å². The first-order chi connectivity index (χ1) is 9.70. The topological polar surface area (TPSA) is 79.0 Å². The van der Waals surface area contributed by atoms with Crippen LogP contribution in [-0.4, -0.2) is 61.9 Å². The number of hydrogen-bond acceptors (Lipinski definition) is 5. The molecule has 2 rings (SSSR count). The molecule has 0 aliphatic carbocycles. The number of hydrogen-bond donors (Lipinski definition) is 2. The SMILES string of the molecule is NCCOCC(=O)N1CCN(c2ccc(O)cc2)CC1. The highest BCUT2D eigenvalue weighted by Gasteiger charge is 2.21. The standard InChI is InChI=1S/C14H21N3O3/c15-5-10-20-11-14(19)17-8-6-16(7-9-17)12-1-3-13(18)4-2-12/h1-4,18H,5-11,15H2. The third-order valence-corrected chi connectivity index (χ3v) is 3.33. The number of aromatic hydroxyl groups is 1. The summed E-state index contributed by atoms with van der Waals surface area (Å²) < 4.78 is 5.16. The first-order valence-corrected chi connectivity index (χ1v) is 6.80. The van der Waals surface area contributed by atoms with Gasteiger partial charge < -0.3 is 25.4 Å². The van der Waals surface area contributed by atoms with Crippen molar-refractivity contribution in [2.24, 2.45) is 5.73 Å². The fraction of sp³-hybridized carbons (Fsp3) is 0.500. The molecule has 0 bridgehead atoms. The zero-order valence-electron chi connectivity index (χ0n) is 11.5. The van der Waals surface area contributed by atoms with Crippen LogP contribution in [0.25, 0.3) is 0 Å². The van der Waals surface area contributed by atoms with Crippen LogP contribution < -0.4 is 10.6 Å². The molecule has 6 heteroatoms. The van der Waals surface area contributed by atoms with Crippen molar-refractivity contribution in [1.82, 2.24) is 4.90 Å².